The molecule has 0 aliphatic heterocycles. The van der Waals surface area contributed by atoms with Crippen LogP contribution in [-0.2, 0) is 10.2 Å². The van der Waals surface area contributed by atoms with Crippen LogP contribution >= 0.6 is 0 Å². The number of ether oxygens (including phenoxy) is 1. The minimum absolute atomic E-state index is 0.281. The van der Waals surface area contributed by atoms with Crippen molar-refractivity contribution < 1.29 is 61.8 Å². The molecule has 0 saturated carbocycles. The fourth-order valence-corrected chi connectivity index (χ4v) is 2.71. The van der Waals surface area contributed by atoms with Crippen molar-refractivity contribution in [3.63, 3.8) is 0 Å². The average Bonchev–Trinajstić information content (AvgIpc) is 2.64. The van der Waals surface area contributed by atoms with E-state index in [1.165, 1.54) is 18.2 Å². The number of methoxy groups -OCH3 is 1. The molecule has 0 spiro atoms. The van der Waals surface area contributed by atoms with Crippen LogP contribution in [0.1, 0.15) is 44.4 Å². The van der Waals surface area contributed by atoms with Gasteiger partial charge < -0.3 is 4.74 Å². The highest BCUT2D eigenvalue weighted by Crippen LogP contribution is 2.61. The van der Waals surface area contributed by atoms with E-state index < -0.39 is 53.7 Å². The van der Waals surface area contributed by atoms with E-state index in [-0.39, 0.29) is 5.56 Å². The third-order valence-corrected chi connectivity index (χ3v) is 4.85. The molecule has 1 atom stereocenters. The maximum atomic E-state index is 14.2. The van der Waals surface area contributed by atoms with Gasteiger partial charge in [-0.2, -0.15) is 57.1 Å². The number of alkyl halides is 13. The van der Waals surface area contributed by atoms with Crippen LogP contribution in [0.2, 0.25) is 0 Å². The molecule has 0 aliphatic rings. The molecular weight excluding hydrogens is 491 g/mol. The second kappa shape index (κ2) is 8.49. The molecule has 33 heavy (non-hydrogen) atoms. The summed E-state index contributed by atoms with van der Waals surface area (Å²) in [5, 5.41) is 0. The van der Waals surface area contributed by atoms with Gasteiger partial charge in [0.1, 0.15) is 0 Å². The summed E-state index contributed by atoms with van der Waals surface area (Å²) < 4.78 is 177. The SMILES string of the molecule is COC(CC(F)(F)C(F)(F)C(F)(F)C(F)(F)C(F)(F)C(F)(F)F)c1cccc(C(C)(C)C)c1. The molecule has 1 nitrogen and oxygen atoms in total. The normalized spacial score (nSPS) is 16.2. The lowest BCUT2D eigenvalue weighted by molar-refractivity contribution is -0.440. The molecule has 1 rings (SSSR count). The maximum absolute atomic E-state index is 14.2. The summed E-state index contributed by atoms with van der Waals surface area (Å²) in [6.07, 6.45) is -12.0. The van der Waals surface area contributed by atoms with Gasteiger partial charge in [-0.15, -0.1) is 0 Å². The van der Waals surface area contributed by atoms with Crippen LogP contribution in [0, 0.1) is 0 Å². The summed E-state index contributed by atoms with van der Waals surface area (Å²) in [4.78, 5) is 0. The first-order valence-corrected chi connectivity index (χ1v) is 8.97. The monoisotopic (exact) mass is 510 g/mol. The molecule has 1 aromatic carbocycles. The molecule has 0 fully saturated rings. The van der Waals surface area contributed by atoms with Crippen LogP contribution in [0.3, 0.4) is 0 Å². The van der Waals surface area contributed by atoms with Crippen molar-refractivity contribution in [1.82, 2.24) is 0 Å². The van der Waals surface area contributed by atoms with Gasteiger partial charge in [-0.05, 0) is 16.5 Å². The fourth-order valence-electron chi connectivity index (χ4n) is 2.71. The molecule has 0 heterocycles. The summed E-state index contributed by atoms with van der Waals surface area (Å²) in [6, 6.07) is 5.00. The zero-order valence-electron chi connectivity index (χ0n) is 17.4. The van der Waals surface area contributed by atoms with Crippen LogP contribution in [0.5, 0.6) is 0 Å². The van der Waals surface area contributed by atoms with Gasteiger partial charge in [0, 0.05) is 13.5 Å². The Morgan fingerprint density at radius 3 is 1.55 bits per heavy atom. The number of halogens is 13. The molecule has 0 saturated heterocycles. The second-order valence-electron chi connectivity index (χ2n) is 8.30. The Morgan fingerprint density at radius 2 is 1.15 bits per heavy atom. The molecule has 0 N–H and O–H groups in total. The topological polar surface area (TPSA) is 9.23 Å². The van der Waals surface area contributed by atoms with E-state index in [4.69, 9.17) is 0 Å². The third-order valence-electron chi connectivity index (χ3n) is 4.85. The summed E-state index contributed by atoms with van der Waals surface area (Å²) in [6.45, 7) is 5.00. The van der Waals surface area contributed by atoms with Crippen molar-refractivity contribution in [2.24, 2.45) is 0 Å². The lowest BCUT2D eigenvalue weighted by Crippen LogP contribution is -2.70. The van der Waals surface area contributed by atoms with Crippen molar-refractivity contribution >= 4 is 0 Å². The maximum Gasteiger partial charge on any atom is 0.460 e. The number of hydrogen-bond donors (Lipinski definition) is 0. The van der Waals surface area contributed by atoms with Crippen LogP contribution < -0.4 is 0 Å². The van der Waals surface area contributed by atoms with Crippen LogP contribution in [0.25, 0.3) is 0 Å². The first-order chi connectivity index (χ1) is 14.4. The van der Waals surface area contributed by atoms with Gasteiger partial charge in [-0.25, -0.2) is 0 Å². The molecule has 0 amide bonds. The molecule has 0 aliphatic carbocycles. The first kappa shape index (κ1) is 29.3. The molecule has 0 aromatic heterocycles. The van der Waals surface area contributed by atoms with E-state index in [9.17, 15) is 57.1 Å². The van der Waals surface area contributed by atoms with Crippen molar-refractivity contribution in [3.8, 4) is 0 Å². The molecular formula is C19H19F13O. The zero-order valence-corrected chi connectivity index (χ0v) is 17.4. The van der Waals surface area contributed by atoms with Crippen LogP contribution in [0.15, 0.2) is 24.3 Å². The third kappa shape index (κ3) is 4.90. The molecule has 192 valence electrons. The van der Waals surface area contributed by atoms with Gasteiger partial charge in [0.2, 0.25) is 0 Å². The van der Waals surface area contributed by atoms with Crippen LogP contribution in [0.4, 0.5) is 57.1 Å². The number of rotatable bonds is 8. The smallest absolute Gasteiger partial charge is 0.377 e. The lowest BCUT2D eigenvalue weighted by Gasteiger charge is -2.40. The first-order valence-electron chi connectivity index (χ1n) is 8.97. The standard InChI is InChI=1S/C19H19F13O/c1-13(2,3)11-7-5-6-10(8-11)12(33-4)9-14(20,21)15(22,23)16(24,25)17(26,27)18(28,29)19(30,31)32/h5-8,12H,9H2,1-4H3. The summed E-state index contributed by atoms with van der Waals surface area (Å²) in [5.41, 5.74) is -0.450. The summed E-state index contributed by atoms with van der Waals surface area (Å²) in [5.74, 6) is -37.0. The zero-order chi connectivity index (χ0) is 26.5. The lowest BCUT2D eigenvalue weighted by atomic mass is 9.84. The van der Waals surface area contributed by atoms with Crippen molar-refractivity contribution in [2.75, 3.05) is 7.11 Å². The fraction of sp³-hybridized carbons (Fsp3) is 0.684. The van der Waals surface area contributed by atoms with E-state index in [1.54, 1.807) is 20.8 Å². The predicted octanol–water partition coefficient (Wildman–Crippen LogP) is 7.80. The van der Waals surface area contributed by atoms with E-state index in [1.807, 2.05) is 0 Å². The number of hydrogen-bond acceptors (Lipinski definition) is 1. The Morgan fingerprint density at radius 1 is 0.697 bits per heavy atom. The largest absolute Gasteiger partial charge is 0.460 e. The Bertz CT molecular complexity index is 822. The second-order valence-corrected chi connectivity index (χ2v) is 8.30. The predicted molar refractivity (Wildman–Crippen MR) is 90.3 cm³/mol. The highest BCUT2D eigenvalue weighted by Gasteiger charge is 2.90. The Kier molecular flexibility index (Phi) is 7.54. The Hall–Kier alpha value is -1.73. The van der Waals surface area contributed by atoms with Gasteiger partial charge >= 0.3 is 35.8 Å². The molecule has 0 bridgehead atoms. The van der Waals surface area contributed by atoms with E-state index in [2.05, 4.69) is 4.74 Å². The Labute approximate surface area is 179 Å². The Balaban J connectivity index is 3.45. The number of benzene rings is 1. The van der Waals surface area contributed by atoms with Gasteiger partial charge in [-0.3, -0.25) is 0 Å². The quantitative estimate of drug-likeness (QED) is 0.325. The van der Waals surface area contributed by atoms with Crippen molar-refractivity contribution in [3.05, 3.63) is 35.4 Å². The van der Waals surface area contributed by atoms with Gasteiger partial charge in [-0.1, -0.05) is 45.0 Å². The molecule has 1 aromatic rings. The van der Waals surface area contributed by atoms with Crippen molar-refractivity contribution in [1.29, 1.82) is 0 Å². The highest BCUT2D eigenvalue weighted by molar-refractivity contribution is 5.30. The van der Waals surface area contributed by atoms with Gasteiger partial charge in [0.25, 0.3) is 0 Å². The van der Waals surface area contributed by atoms with Gasteiger partial charge in [0.15, 0.2) is 0 Å². The minimum Gasteiger partial charge on any atom is -0.377 e. The van der Waals surface area contributed by atoms with E-state index in [0.29, 0.717) is 12.7 Å². The molecule has 14 heteroatoms. The van der Waals surface area contributed by atoms with Crippen LogP contribution in [-0.4, -0.2) is 42.9 Å². The van der Waals surface area contributed by atoms with E-state index >= 15 is 0 Å². The molecule has 0 radical (unpaired) electrons. The highest BCUT2D eigenvalue weighted by atomic mass is 19.4. The van der Waals surface area contributed by atoms with Crippen molar-refractivity contribution in [2.45, 2.75) is 74.5 Å². The van der Waals surface area contributed by atoms with E-state index in [0.717, 1.165) is 6.07 Å². The molecule has 1 unspecified atom stereocenters. The summed E-state index contributed by atoms with van der Waals surface area (Å²) >= 11 is 0. The van der Waals surface area contributed by atoms with Gasteiger partial charge in [0.05, 0.1) is 6.10 Å². The summed E-state index contributed by atoms with van der Waals surface area (Å²) in [7, 11) is 0.688. The average molecular weight is 510 g/mol. The minimum atomic E-state index is -7.92.